The lowest BCUT2D eigenvalue weighted by Gasteiger charge is -2.20. The van der Waals surface area contributed by atoms with Gasteiger partial charge in [0.15, 0.2) is 0 Å². The van der Waals surface area contributed by atoms with Crippen molar-refractivity contribution in [2.24, 2.45) is 11.8 Å². The molecule has 0 saturated carbocycles. The minimum atomic E-state index is -0.464. The van der Waals surface area contributed by atoms with Crippen LogP contribution in [0.15, 0.2) is 0 Å². The summed E-state index contributed by atoms with van der Waals surface area (Å²) in [7, 11) is 0. The van der Waals surface area contributed by atoms with Crippen molar-refractivity contribution in [3.63, 3.8) is 0 Å². The van der Waals surface area contributed by atoms with Crippen molar-refractivity contribution in [2.45, 2.75) is 52.6 Å². The zero-order valence-corrected chi connectivity index (χ0v) is 8.99. The van der Waals surface area contributed by atoms with Crippen LogP contribution in [-0.2, 0) is 4.79 Å². The van der Waals surface area contributed by atoms with Crippen LogP contribution in [0.3, 0.4) is 0 Å². The number of unbranched alkanes of at least 4 members (excludes halogenated alkanes) is 2. The van der Waals surface area contributed by atoms with E-state index in [9.17, 15) is 9.90 Å². The second-order valence-electron chi connectivity index (χ2n) is 3.96. The van der Waals surface area contributed by atoms with Crippen molar-refractivity contribution in [1.29, 1.82) is 0 Å². The molecule has 0 rings (SSSR count). The van der Waals surface area contributed by atoms with Crippen LogP contribution in [0.5, 0.6) is 0 Å². The Kier molecular flexibility index (Phi) is 6.87. The number of carbonyl (C=O) groups is 1. The van der Waals surface area contributed by atoms with Gasteiger partial charge in [-0.2, -0.15) is 0 Å². The Balaban J connectivity index is 3.68. The van der Waals surface area contributed by atoms with E-state index in [1.807, 2.05) is 6.92 Å². The number of aliphatic hydroxyl groups excluding tert-OH is 1. The summed E-state index contributed by atoms with van der Waals surface area (Å²) >= 11 is 0. The van der Waals surface area contributed by atoms with Crippen molar-refractivity contribution >= 4 is 6.29 Å². The van der Waals surface area contributed by atoms with E-state index in [-0.39, 0.29) is 11.8 Å². The quantitative estimate of drug-likeness (QED) is 0.489. The molecular formula is C11H22O2. The molecule has 0 amide bonds. The number of aldehydes is 1. The van der Waals surface area contributed by atoms with E-state index in [0.29, 0.717) is 0 Å². The molecular weight excluding hydrogens is 164 g/mol. The molecule has 3 atom stereocenters. The molecule has 0 aromatic heterocycles. The van der Waals surface area contributed by atoms with Crippen molar-refractivity contribution in [2.75, 3.05) is 0 Å². The Hall–Kier alpha value is -0.370. The third-order valence-corrected chi connectivity index (χ3v) is 2.60. The topological polar surface area (TPSA) is 37.3 Å². The summed E-state index contributed by atoms with van der Waals surface area (Å²) in [5.74, 6) is 0.0170. The van der Waals surface area contributed by atoms with E-state index in [1.165, 1.54) is 12.8 Å². The van der Waals surface area contributed by atoms with Crippen LogP contribution in [0.2, 0.25) is 0 Å². The van der Waals surface area contributed by atoms with Crippen LogP contribution in [0.4, 0.5) is 0 Å². The molecule has 2 heteroatoms. The van der Waals surface area contributed by atoms with E-state index in [1.54, 1.807) is 6.92 Å². The fraction of sp³-hybridized carbons (Fsp3) is 0.909. The molecule has 3 unspecified atom stereocenters. The summed E-state index contributed by atoms with van der Waals surface area (Å²) in [6.45, 7) is 5.95. The second-order valence-corrected chi connectivity index (χ2v) is 3.96. The highest BCUT2D eigenvalue weighted by Gasteiger charge is 2.19. The molecule has 0 aromatic carbocycles. The Labute approximate surface area is 81.3 Å². The van der Waals surface area contributed by atoms with Gasteiger partial charge in [0.1, 0.15) is 6.29 Å². The molecule has 0 saturated heterocycles. The van der Waals surface area contributed by atoms with Gasteiger partial charge in [0.25, 0.3) is 0 Å². The fourth-order valence-corrected chi connectivity index (χ4v) is 1.49. The number of rotatable bonds is 7. The van der Waals surface area contributed by atoms with Crippen molar-refractivity contribution in [3.05, 3.63) is 0 Å². The number of hydrogen-bond acceptors (Lipinski definition) is 2. The molecule has 0 radical (unpaired) electrons. The third-order valence-electron chi connectivity index (χ3n) is 2.60. The number of carbonyl (C=O) groups excluding carboxylic acids is 1. The minimum Gasteiger partial charge on any atom is -0.392 e. The van der Waals surface area contributed by atoms with E-state index in [2.05, 4.69) is 6.92 Å². The van der Waals surface area contributed by atoms with Gasteiger partial charge in [-0.3, -0.25) is 0 Å². The van der Waals surface area contributed by atoms with Gasteiger partial charge < -0.3 is 9.90 Å². The first-order valence-electron chi connectivity index (χ1n) is 5.26. The smallest absolute Gasteiger partial charge is 0.125 e. The summed E-state index contributed by atoms with van der Waals surface area (Å²) in [6, 6.07) is 0. The lowest BCUT2D eigenvalue weighted by atomic mass is 9.90. The predicted octanol–water partition coefficient (Wildman–Crippen LogP) is 2.40. The summed E-state index contributed by atoms with van der Waals surface area (Å²) in [5, 5.41) is 9.65. The predicted molar refractivity (Wildman–Crippen MR) is 54.5 cm³/mol. The lowest BCUT2D eigenvalue weighted by Crippen LogP contribution is -2.26. The normalized spacial score (nSPS) is 17.8. The van der Waals surface area contributed by atoms with E-state index < -0.39 is 6.10 Å². The van der Waals surface area contributed by atoms with Crippen molar-refractivity contribution < 1.29 is 9.90 Å². The lowest BCUT2D eigenvalue weighted by molar-refractivity contribution is -0.114. The largest absolute Gasteiger partial charge is 0.392 e. The van der Waals surface area contributed by atoms with Gasteiger partial charge in [-0.05, 0) is 12.3 Å². The molecule has 78 valence electrons. The van der Waals surface area contributed by atoms with Gasteiger partial charge in [0, 0.05) is 5.92 Å². The van der Waals surface area contributed by atoms with Crippen LogP contribution in [0.1, 0.15) is 46.5 Å². The molecule has 0 bridgehead atoms. The SMILES string of the molecule is CCCCCC(C)C(O)C(C)C=O. The summed E-state index contributed by atoms with van der Waals surface area (Å²) < 4.78 is 0. The summed E-state index contributed by atoms with van der Waals surface area (Å²) in [4.78, 5) is 10.4. The summed E-state index contributed by atoms with van der Waals surface area (Å²) in [6.07, 6.45) is 4.96. The van der Waals surface area contributed by atoms with Crippen LogP contribution in [-0.4, -0.2) is 17.5 Å². The van der Waals surface area contributed by atoms with Crippen LogP contribution in [0, 0.1) is 11.8 Å². The van der Waals surface area contributed by atoms with Gasteiger partial charge in [-0.15, -0.1) is 0 Å². The van der Waals surface area contributed by atoms with Crippen LogP contribution in [0.25, 0.3) is 0 Å². The van der Waals surface area contributed by atoms with E-state index in [4.69, 9.17) is 0 Å². The highest BCUT2D eigenvalue weighted by Crippen LogP contribution is 2.17. The van der Waals surface area contributed by atoms with Gasteiger partial charge in [0.2, 0.25) is 0 Å². The molecule has 0 fully saturated rings. The maximum Gasteiger partial charge on any atom is 0.125 e. The zero-order valence-electron chi connectivity index (χ0n) is 8.99. The molecule has 0 aromatic rings. The Morgan fingerprint density at radius 3 is 2.38 bits per heavy atom. The Bertz CT molecular complexity index is 134. The Morgan fingerprint density at radius 2 is 1.92 bits per heavy atom. The van der Waals surface area contributed by atoms with Crippen molar-refractivity contribution in [3.8, 4) is 0 Å². The second kappa shape index (κ2) is 7.07. The molecule has 0 aliphatic heterocycles. The molecule has 1 N–H and O–H groups in total. The van der Waals surface area contributed by atoms with Gasteiger partial charge in [-0.25, -0.2) is 0 Å². The molecule has 13 heavy (non-hydrogen) atoms. The van der Waals surface area contributed by atoms with Crippen LogP contribution < -0.4 is 0 Å². The highest BCUT2D eigenvalue weighted by molar-refractivity contribution is 5.53. The third kappa shape index (κ3) is 5.04. The first-order valence-corrected chi connectivity index (χ1v) is 5.26. The first-order chi connectivity index (χ1) is 6.13. The van der Waals surface area contributed by atoms with E-state index in [0.717, 1.165) is 19.1 Å². The maximum absolute atomic E-state index is 10.4. The van der Waals surface area contributed by atoms with Crippen molar-refractivity contribution in [1.82, 2.24) is 0 Å². The molecule has 2 nitrogen and oxygen atoms in total. The first kappa shape index (κ1) is 12.6. The maximum atomic E-state index is 10.4. The monoisotopic (exact) mass is 186 g/mol. The van der Waals surface area contributed by atoms with Gasteiger partial charge in [0.05, 0.1) is 6.10 Å². The minimum absolute atomic E-state index is 0.225. The average molecular weight is 186 g/mol. The highest BCUT2D eigenvalue weighted by atomic mass is 16.3. The fourth-order valence-electron chi connectivity index (χ4n) is 1.49. The van der Waals surface area contributed by atoms with Gasteiger partial charge in [-0.1, -0.05) is 40.0 Å². The molecule has 0 aliphatic carbocycles. The van der Waals surface area contributed by atoms with Crippen LogP contribution >= 0.6 is 0 Å². The number of hydrogen-bond donors (Lipinski definition) is 1. The summed E-state index contributed by atoms with van der Waals surface area (Å²) in [5.41, 5.74) is 0. The molecule has 0 spiro atoms. The molecule has 0 heterocycles. The molecule has 0 aliphatic rings. The standard InChI is InChI=1S/C11H22O2/c1-4-5-6-7-9(2)11(13)10(3)8-12/h8-11,13H,4-7H2,1-3H3. The average Bonchev–Trinajstić information content (AvgIpc) is 2.15. The zero-order chi connectivity index (χ0) is 10.3. The number of aliphatic hydroxyl groups is 1. The van der Waals surface area contributed by atoms with E-state index >= 15 is 0 Å². The van der Waals surface area contributed by atoms with Gasteiger partial charge >= 0.3 is 0 Å². The Morgan fingerprint density at radius 1 is 1.31 bits per heavy atom.